The van der Waals surface area contributed by atoms with Gasteiger partial charge in [0.15, 0.2) is 0 Å². The number of carbonyl (C=O) groups excluding carboxylic acids is 1. The zero-order valence-corrected chi connectivity index (χ0v) is 15.6. The second kappa shape index (κ2) is 13.9. The summed E-state index contributed by atoms with van der Waals surface area (Å²) < 4.78 is 0. The van der Waals surface area contributed by atoms with Crippen LogP contribution in [0.5, 0.6) is 0 Å². The molecule has 0 fully saturated rings. The smallest absolute Gasteiger partial charge is 0.220 e. The Balaban J connectivity index is 2.16. The van der Waals surface area contributed by atoms with Gasteiger partial charge in [-0.25, -0.2) is 0 Å². The molecule has 0 aliphatic carbocycles. The number of aliphatic hydroxyl groups excluding tert-OH is 2. The maximum absolute atomic E-state index is 12.0. The topological polar surface area (TPSA) is 69.6 Å². The number of carbonyl (C=O) groups is 1. The highest BCUT2D eigenvalue weighted by Gasteiger charge is 2.17. The van der Waals surface area contributed by atoms with E-state index in [1.54, 1.807) is 0 Å². The summed E-state index contributed by atoms with van der Waals surface area (Å²) in [5, 5.41) is 22.5. The lowest BCUT2D eigenvalue weighted by Crippen LogP contribution is -2.38. The molecule has 1 rings (SSSR count). The average Bonchev–Trinajstić information content (AvgIpc) is 2.64. The molecule has 0 aromatic heterocycles. The van der Waals surface area contributed by atoms with E-state index in [2.05, 4.69) is 12.2 Å². The molecule has 1 aromatic carbocycles. The predicted octanol–water partition coefficient (Wildman–Crippen LogP) is 4.12. The number of nitrogens with one attached hydrogen (secondary N) is 1. The third-order valence-corrected chi connectivity index (χ3v) is 4.54. The molecule has 0 aliphatic heterocycles. The third kappa shape index (κ3) is 10.3. The first-order valence-corrected chi connectivity index (χ1v) is 9.80. The molecule has 0 saturated heterocycles. The Morgan fingerprint density at radius 2 is 1.60 bits per heavy atom. The third-order valence-electron chi connectivity index (χ3n) is 4.54. The lowest BCUT2D eigenvalue weighted by atomic mass is 10.0. The first-order valence-electron chi connectivity index (χ1n) is 9.80. The van der Waals surface area contributed by atoms with Crippen molar-refractivity contribution < 1.29 is 15.0 Å². The van der Waals surface area contributed by atoms with Gasteiger partial charge >= 0.3 is 0 Å². The fraction of sp³-hybridized carbons (Fsp3) is 0.667. The van der Waals surface area contributed by atoms with Crippen LogP contribution in [-0.4, -0.2) is 28.8 Å². The van der Waals surface area contributed by atoms with Crippen LogP contribution in [0.15, 0.2) is 30.3 Å². The number of amides is 1. The standard InChI is InChI=1S/C21H35NO3/c1-2-3-4-5-6-7-8-12-15-21(25)22-19(17-23)16-20(24)18-13-10-9-11-14-18/h9-11,13-14,19-20,23-24H,2-8,12,15-17H2,1H3,(H,22,25)/t19-,20-/m1/s1. The molecular formula is C21H35NO3. The van der Waals surface area contributed by atoms with Crippen molar-refractivity contribution in [2.75, 3.05) is 6.61 Å². The SMILES string of the molecule is CCCCCCCCCCC(=O)N[C@@H](CO)C[C@@H](O)c1ccccc1. The Labute approximate surface area is 152 Å². The van der Waals surface area contributed by atoms with Crippen LogP contribution in [0.25, 0.3) is 0 Å². The van der Waals surface area contributed by atoms with Crippen LogP contribution in [0.1, 0.15) is 82.8 Å². The average molecular weight is 350 g/mol. The summed E-state index contributed by atoms with van der Waals surface area (Å²) in [7, 11) is 0. The molecule has 1 amide bonds. The van der Waals surface area contributed by atoms with Crippen molar-refractivity contribution in [2.24, 2.45) is 0 Å². The number of benzene rings is 1. The van der Waals surface area contributed by atoms with Gasteiger partial charge in [-0.2, -0.15) is 0 Å². The van der Waals surface area contributed by atoms with Gasteiger partial charge in [0.25, 0.3) is 0 Å². The van der Waals surface area contributed by atoms with E-state index >= 15 is 0 Å². The summed E-state index contributed by atoms with van der Waals surface area (Å²) in [6.45, 7) is 2.06. The van der Waals surface area contributed by atoms with Crippen LogP contribution in [-0.2, 0) is 4.79 Å². The summed E-state index contributed by atoms with van der Waals surface area (Å²) in [5.74, 6) is -0.0368. The van der Waals surface area contributed by atoms with Crippen LogP contribution in [0, 0.1) is 0 Å². The van der Waals surface area contributed by atoms with E-state index in [0.29, 0.717) is 12.8 Å². The second-order valence-electron chi connectivity index (χ2n) is 6.83. The highest BCUT2D eigenvalue weighted by molar-refractivity contribution is 5.76. The van der Waals surface area contributed by atoms with E-state index in [1.165, 1.54) is 38.5 Å². The molecule has 3 N–H and O–H groups in total. The Bertz CT molecular complexity index is 450. The number of unbranched alkanes of at least 4 members (excludes halogenated alkanes) is 7. The predicted molar refractivity (Wildman–Crippen MR) is 102 cm³/mol. The van der Waals surface area contributed by atoms with E-state index in [1.807, 2.05) is 30.3 Å². The van der Waals surface area contributed by atoms with Gasteiger partial charge in [-0.15, -0.1) is 0 Å². The zero-order valence-electron chi connectivity index (χ0n) is 15.6. The minimum absolute atomic E-state index is 0.0368. The van der Waals surface area contributed by atoms with Gasteiger partial charge < -0.3 is 15.5 Å². The highest BCUT2D eigenvalue weighted by atomic mass is 16.3. The fourth-order valence-electron chi connectivity index (χ4n) is 2.98. The van der Waals surface area contributed by atoms with Crippen LogP contribution in [0.2, 0.25) is 0 Å². The second-order valence-corrected chi connectivity index (χ2v) is 6.83. The van der Waals surface area contributed by atoms with Gasteiger partial charge in [0.2, 0.25) is 5.91 Å². The number of rotatable bonds is 14. The Hall–Kier alpha value is -1.39. The van der Waals surface area contributed by atoms with Gasteiger partial charge in [0.1, 0.15) is 0 Å². The molecule has 0 saturated carbocycles. The van der Waals surface area contributed by atoms with Crippen LogP contribution < -0.4 is 5.32 Å². The molecule has 1 aromatic rings. The largest absolute Gasteiger partial charge is 0.394 e. The van der Waals surface area contributed by atoms with Crippen molar-refractivity contribution in [3.05, 3.63) is 35.9 Å². The molecule has 0 aliphatic rings. The van der Waals surface area contributed by atoms with Crippen LogP contribution in [0.3, 0.4) is 0 Å². The van der Waals surface area contributed by atoms with Gasteiger partial charge in [-0.3, -0.25) is 4.79 Å². The lowest BCUT2D eigenvalue weighted by Gasteiger charge is -2.20. The van der Waals surface area contributed by atoms with E-state index in [4.69, 9.17) is 0 Å². The van der Waals surface area contributed by atoms with Crippen molar-refractivity contribution >= 4 is 5.91 Å². The highest BCUT2D eigenvalue weighted by Crippen LogP contribution is 2.18. The maximum Gasteiger partial charge on any atom is 0.220 e. The first-order chi connectivity index (χ1) is 12.2. The quantitative estimate of drug-likeness (QED) is 0.443. The van der Waals surface area contributed by atoms with Crippen LogP contribution >= 0.6 is 0 Å². The number of hydrogen-bond acceptors (Lipinski definition) is 3. The maximum atomic E-state index is 12.0. The molecule has 0 bridgehead atoms. The minimum atomic E-state index is -0.679. The van der Waals surface area contributed by atoms with Gasteiger partial charge in [-0.05, 0) is 18.4 Å². The monoisotopic (exact) mass is 349 g/mol. The van der Waals surface area contributed by atoms with E-state index in [-0.39, 0.29) is 12.5 Å². The fourth-order valence-corrected chi connectivity index (χ4v) is 2.98. The zero-order chi connectivity index (χ0) is 18.3. The molecule has 0 unspecified atom stereocenters. The Morgan fingerprint density at radius 3 is 2.20 bits per heavy atom. The molecule has 2 atom stereocenters. The first kappa shape index (κ1) is 21.7. The number of aliphatic hydroxyl groups is 2. The normalized spacial score (nSPS) is 13.4. The summed E-state index contributed by atoms with van der Waals surface area (Å²) in [4.78, 5) is 12.0. The summed E-state index contributed by atoms with van der Waals surface area (Å²) in [6, 6.07) is 8.92. The molecule has 4 nitrogen and oxygen atoms in total. The van der Waals surface area contributed by atoms with Crippen molar-refractivity contribution in [2.45, 2.75) is 83.3 Å². The Morgan fingerprint density at radius 1 is 1.00 bits per heavy atom. The molecule has 0 radical (unpaired) electrons. The van der Waals surface area contributed by atoms with Gasteiger partial charge in [0, 0.05) is 6.42 Å². The summed E-state index contributed by atoms with van der Waals surface area (Å²) in [5.41, 5.74) is 0.804. The number of hydrogen-bond donors (Lipinski definition) is 3. The molecule has 4 heteroatoms. The lowest BCUT2D eigenvalue weighted by molar-refractivity contribution is -0.122. The Kier molecular flexibility index (Phi) is 12.0. The van der Waals surface area contributed by atoms with E-state index in [9.17, 15) is 15.0 Å². The summed E-state index contributed by atoms with van der Waals surface area (Å²) >= 11 is 0. The van der Waals surface area contributed by atoms with Crippen molar-refractivity contribution in [3.63, 3.8) is 0 Å². The molecule has 142 valence electrons. The van der Waals surface area contributed by atoms with Gasteiger partial charge in [0.05, 0.1) is 18.8 Å². The molecular weight excluding hydrogens is 314 g/mol. The molecule has 0 spiro atoms. The van der Waals surface area contributed by atoms with Crippen molar-refractivity contribution in [1.82, 2.24) is 5.32 Å². The van der Waals surface area contributed by atoms with Crippen LogP contribution in [0.4, 0.5) is 0 Å². The molecule has 0 heterocycles. The van der Waals surface area contributed by atoms with E-state index < -0.39 is 12.1 Å². The van der Waals surface area contributed by atoms with Crippen molar-refractivity contribution in [3.8, 4) is 0 Å². The summed E-state index contributed by atoms with van der Waals surface area (Å²) in [6.07, 6.45) is 9.75. The van der Waals surface area contributed by atoms with Gasteiger partial charge in [-0.1, -0.05) is 82.2 Å². The minimum Gasteiger partial charge on any atom is -0.394 e. The van der Waals surface area contributed by atoms with Crippen molar-refractivity contribution in [1.29, 1.82) is 0 Å². The molecule has 25 heavy (non-hydrogen) atoms. The van der Waals surface area contributed by atoms with E-state index in [0.717, 1.165) is 18.4 Å².